The van der Waals surface area contributed by atoms with Gasteiger partial charge in [-0.15, -0.1) is 0 Å². The summed E-state index contributed by atoms with van der Waals surface area (Å²) in [4.78, 5) is 0. The SMILES string of the molecule is CC(C)C1CCCc2ccoc21. The lowest BCUT2D eigenvalue weighted by Gasteiger charge is -2.23. The number of aryl methyl sites for hydroxylation is 1. The maximum absolute atomic E-state index is 5.53. The smallest absolute Gasteiger partial charge is 0.110 e. The topological polar surface area (TPSA) is 13.1 Å². The molecule has 0 amide bonds. The molecule has 0 N–H and O–H groups in total. The van der Waals surface area contributed by atoms with E-state index in [0.29, 0.717) is 5.92 Å². The van der Waals surface area contributed by atoms with Crippen LogP contribution in [0.25, 0.3) is 0 Å². The summed E-state index contributed by atoms with van der Waals surface area (Å²) >= 11 is 0. The molecule has 1 aromatic rings. The van der Waals surface area contributed by atoms with Gasteiger partial charge in [0.15, 0.2) is 0 Å². The fourth-order valence-electron chi connectivity index (χ4n) is 2.16. The summed E-state index contributed by atoms with van der Waals surface area (Å²) in [7, 11) is 0. The first-order chi connectivity index (χ1) is 5.79. The molecule has 2 rings (SSSR count). The number of hydrogen-bond acceptors (Lipinski definition) is 1. The van der Waals surface area contributed by atoms with Crippen molar-refractivity contribution in [1.82, 2.24) is 0 Å². The van der Waals surface area contributed by atoms with Gasteiger partial charge in [-0.25, -0.2) is 0 Å². The van der Waals surface area contributed by atoms with E-state index < -0.39 is 0 Å². The minimum absolute atomic E-state index is 0.670. The van der Waals surface area contributed by atoms with Gasteiger partial charge in [0.05, 0.1) is 6.26 Å². The van der Waals surface area contributed by atoms with Crippen LogP contribution in [-0.2, 0) is 6.42 Å². The molecule has 1 aromatic heterocycles. The number of fused-ring (bicyclic) bond motifs is 1. The highest BCUT2D eigenvalue weighted by Gasteiger charge is 2.25. The highest BCUT2D eigenvalue weighted by atomic mass is 16.3. The fraction of sp³-hybridized carbons (Fsp3) is 0.636. The lowest BCUT2D eigenvalue weighted by atomic mass is 9.82. The second-order valence-electron chi connectivity index (χ2n) is 4.05. The van der Waals surface area contributed by atoms with E-state index in [4.69, 9.17) is 4.42 Å². The molecule has 0 saturated heterocycles. The fourth-order valence-corrected chi connectivity index (χ4v) is 2.16. The minimum Gasteiger partial charge on any atom is -0.469 e. The molecule has 1 nitrogen and oxygen atoms in total. The van der Waals surface area contributed by atoms with Crippen LogP contribution in [0.3, 0.4) is 0 Å². The Hall–Kier alpha value is -0.720. The van der Waals surface area contributed by atoms with Crippen molar-refractivity contribution >= 4 is 0 Å². The molecule has 0 radical (unpaired) electrons. The first-order valence-corrected chi connectivity index (χ1v) is 4.85. The van der Waals surface area contributed by atoms with E-state index in [0.717, 1.165) is 5.92 Å². The Morgan fingerprint density at radius 3 is 3.08 bits per heavy atom. The average molecular weight is 164 g/mol. The zero-order valence-corrected chi connectivity index (χ0v) is 7.84. The lowest BCUT2D eigenvalue weighted by molar-refractivity contribution is 0.352. The van der Waals surface area contributed by atoms with Crippen LogP contribution in [0.2, 0.25) is 0 Å². The second kappa shape index (κ2) is 2.96. The van der Waals surface area contributed by atoms with Crippen molar-refractivity contribution in [3.05, 3.63) is 23.7 Å². The molecule has 1 aliphatic rings. The van der Waals surface area contributed by atoms with Crippen LogP contribution in [0, 0.1) is 5.92 Å². The Labute approximate surface area is 73.8 Å². The van der Waals surface area contributed by atoms with Crippen molar-refractivity contribution in [3.8, 4) is 0 Å². The standard InChI is InChI=1S/C11H16O/c1-8(2)10-5-3-4-9-6-7-12-11(9)10/h6-8,10H,3-5H2,1-2H3. The van der Waals surface area contributed by atoms with Gasteiger partial charge in [-0.3, -0.25) is 0 Å². The Morgan fingerprint density at radius 1 is 1.50 bits per heavy atom. The molecule has 0 fully saturated rings. The van der Waals surface area contributed by atoms with Gasteiger partial charge in [0.1, 0.15) is 5.76 Å². The quantitative estimate of drug-likeness (QED) is 0.620. The number of furan rings is 1. The highest BCUT2D eigenvalue weighted by molar-refractivity contribution is 5.23. The Morgan fingerprint density at radius 2 is 2.33 bits per heavy atom. The predicted octanol–water partition coefficient (Wildman–Crippen LogP) is 3.36. The minimum atomic E-state index is 0.670. The van der Waals surface area contributed by atoms with Gasteiger partial charge >= 0.3 is 0 Å². The normalized spacial score (nSPS) is 22.8. The molecule has 12 heavy (non-hydrogen) atoms. The molecule has 0 aliphatic heterocycles. The number of hydrogen-bond donors (Lipinski definition) is 0. The highest BCUT2D eigenvalue weighted by Crippen LogP contribution is 2.36. The van der Waals surface area contributed by atoms with Crippen molar-refractivity contribution in [1.29, 1.82) is 0 Å². The van der Waals surface area contributed by atoms with Crippen molar-refractivity contribution < 1.29 is 4.42 Å². The third-order valence-corrected chi connectivity index (χ3v) is 2.88. The zero-order valence-electron chi connectivity index (χ0n) is 7.84. The third-order valence-electron chi connectivity index (χ3n) is 2.88. The maximum Gasteiger partial charge on any atom is 0.110 e. The zero-order chi connectivity index (χ0) is 8.55. The van der Waals surface area contributed by atoms with Gasteiger partial charge < -0.3 is 4.42 Å². The van der Waals surface area contributed by atoms with Gasteiger partial charge in [-0.05, 0) is 36.8 Å². The van der Waals surface area contributed by atoms with E-state index in [2.05, 4.69) is 19.9 Å². The van der Waals surface area contributed by atoms with Gasteiger partial charge in [-0.1, -0.05) is 13.8 Å². The molecule has 0 saturated carbocycles. The molecule has 1 atom stereocenters. The molecule has 0 spiro atoms. The van der Waals surface area contributed by atoms with Crippen LogP contribution in [0.15, 0.2) is 16.7 Å². The summed E-state index contributed by atoms with van der Waals surface area (Å²) in [6.45, 7) is 4.56. The van der Waals surface area contributed by atoms with E-state index in [1.165, 1.54) is 30.6 Å². The van der Waals surface area contributed by atoms with Crippen molar-refractivity contribution in [2.24, 2.45) is 5.92 Å². The van der Waals surface area contributed by atoms with Gasteiger partial charge in [0, 0.05) is 5.92 Å². The molecule has 0 aromatic carbocycles. The van der Waals surface area contributed by atoms with Crippen molar-refractivity contribution in [2.75, 3.05) is 0 Å². The summed E-state index contributed by atoms with van der Waals surface area (Å²) in [6, 6.07) is 2.13. The molecule has 1 heterocycles. The summed E-state index contributed by atoms with van der Waals surface area (Å²) in [5.41, 5.74) is 1.44. The third kappa shape index (κ3) is 1.17. The van der Waals surface area contributed by atoms with E-state index in [1.54, 1.807) is 0 Å². The first kappa shape index (κ1) is 7.90. The van der Waals surface area contributed by atoms with Crippen LogP contribution in [0.4, 0.5) is 0 Å². The van der Waals surface area contributed by atoms with Gasteiger partial charge in [0.25, 0.3) is 0 Å². The van der Waals surface area contributed by atoms with Crippen LogP contribution in [-0.4, -0.2) is 0 Å². The van der Waals surface area contributed by atoms with Gasteiger partial charge in [-0.2, -0.15) is 0 Å². The van der Waals surface area contributed by atoms with Crippen LogP contribution >= 0.6 is 0 Å². The number of rotatable bonds is 1. The largest absolute Gasteiger partial charge is 0.469 e. The summed E-state index contributed by atoms with van der Waals surface area (Å²) < 4.78 is 5.53. The van der Waals surface area contributed by atoms with Crippen LogP contribution in [0.5, 0.6) is 0 Å². The Kier molecular flexibility index (Phi) is 1.95. The Bertz CT molecular complexity index is 260. The maximum atomic E-state index is 5.53. The van der Waals surface area contributed by atoms with Crippen LogP contribution in [0.1, 0.15) is 43.9 Å². The van der Waals surface area contributed by atoms with Crippen molar-refractivity contribution in [2.45, 2.75) is 39.0 Å². The second-order valence-corrected chi connectivity index (χ2v) is 4.05. The molecule has 1 unspecified atom stereocenters. The van der Waals surface area contributed by atoms with E-state index in [9.17, 15) is 0 Å². The molecular formula is C11H16O. The Balaban J connectivity index is 2.31. The lowest BCUT2D eigenvalue weighted by Crippen LogP contribution is -2.12. The van der Waals surface area contributed by atoms with Gasteiger partial charge in [0.2, 0.25) is 0 Å². The summed E-state index contributed by atoms with van der Waals surface area (Å²) in [5, 5.41) is 0. The van der Waals surface area contributed by atoms with E-state index in [1.807, 2.05) is 6.26 Å². The molecule has 66 valence electrons. The van der Waals surface area contributed by atoms with E-state index in [-0.39, 0.29) is 0 Å². The summed E-state index contributed by atoms with van der Waals surface area (Å²) in [5.74, 6) is 2.65. The molecule has 0 bridgehead atoms. The molecule has 1 aliphatic carbocycles. The van der Waals surface area contributed by atoms with Crippen molar-refractivity contribution in [3.63, 3.8) is 0 Å². The summed E-state index contributed by atoms with van der Waals surface area (Å²) in [6.07, 6.45) is 5.69. The molecule has 1 heteroatoms. The van der Waals surface area contributed by atoms with E-state index >= 15 is 0 Å². The first-order valence-electron chi connectivity index (χ1n) is 4.85. The monoisotopic (exact) mass is 164 g/mol. The average Bonchev–Trinajstić information content (AvgIpc) is 2.49. The molecular weight excluding hydrogens is 148 g/mol. The predicted molar refractivity (Wildman–Crippen MR) is 49.2 cm³/mol. The van der Waals surface area contributed by atoms with Crippen LogP contribution < -0.4 is 0 Å².